The van der Waals surface area contributed by atoms with E-state index in [9.17, 15) is 4.79 Å². The van der Waals surface area contributed by atoms with E-state index in [1.54, 1.807) is 43.4 Å². The van der Waals surface area contributed by atoms with Crippen molar-refractivity contribution in [1.29, 1.82) is 0 Å². The van der Waals surface area contributed by atoms with E-state index < -0.39 is 5.97 Å². The SMILES string of the molecule is CNC(=S)Nc1ccc(Oc2ccc(CC(=O)O)cc2OC)c(N)c1. The summed E-state index contributed by atoms with van der Waals surface area (Å²) in [6, 6.07) is 10.1. The van der Waals surface area contributed by atoms with Gasteiger partial charge in [0.1, 0.15) is 0 Å². The summed E-state index contributed by atoms with van der Waals surface area (Å²) in [5, 5.41) is 15.1. The number of hydrogen-bond acceptors (Lipinski definition) is 5. The zero-order valence-electron chi connectivity index (χ0n) is 13.8. The van der Waals surface area contributed by atoms with E-state index in [1.165, 1.54) is 7.11 Å². The summed E-state index contributed by atoms with van der Waals surface area (Å²) in [6.07, 6.45) is -0.0927. The van der Waals surface area contributed by atoms with Gasteiger partial charge in [-0.3, -0.25) is 4.79 Å². The van der Waals surface area contributed by atoms with Crippen LogP contribution in [-0.4, -0.2) is 30.3 Å². The molecule has 0 fully saturated rings. The van der Waals surface area contributed by atoms with Crippen LogP contribution < -0.4 is 25.8 Å². The Morgan fingerprint density at radius 3 is 2.52 bits per heavy atom. The number of carbonyl (C=O) groups is 1. The Hall–Kier alpha value is -3.00. The number of ether oxygens (including phenoxy) is 2. The van der Waals surface area contributed by atoms with Crippen LogP contribution in [0.3, 0.4) is 0 Å². The number of anilines is 2. The first-order chi connectivity index (χ1) is 11.9. The second-order valence-electron chi connectivity index (χ2n) is 5.11. The van der Waals surface area contributed by atoms with Crippen LogP contribution >= 0.6 is 12.2 Å². The molecule has 0 bridgehead atoms. The highest BCUT2D eigenvalue weighted by Gasteiger charge is 2.11. The second-order valence-corrected chi connectivity index (χ2v) is 5.52. The van der Waals surface area contributed by atoms with Crippen molar-refractivity contribution in [3.63, 3.8) is 0 Å². The molecule has 8 heteroatoms. The Labute approximate surface area is 150 Å². The van der Waals surface area contributed by atoms with Crippen LogP contribution in [-0.2, 0) is 11.2 Å². The lowest BCUT2D eigenvalue weighted by molar-refractivity contribution is -0.136. The Kier molecular flexibility index (Phi) is 6.02. The number of benzene rings is 2. The molecule has 0 spiro atoms. The van der Waals surface area contributed by atoms with E-state index >= 15 is 0 Å². The van der Waals surface area contributed by atoms with E-state index in [2.05, 4.69) is 10.6 Å². The molecule has 0 amide bonds. The van der Waals surface area contributed by atoms with Crippen molar-refractivity contribution in [3.05, 3.63) is 42.0 Å². The van der Waals surface area contributed by atoms with Crippen LogP contribution in [0.5, 0.6) is 17.2 Å². The van der Waals surface area contributed by atoms with Crippen molar-refractivity contribution >= 4 is 34.7 Å². The van der Waals surface area contributed by atoms with Crippen LogP contribution in [0, 0.1) is 0 Å². The number of aliphatic carboxylic acids is 1. The van der Waals surface area contributed by atoms with Gasteiger partial charge >= 0.3 is 5.97 Å². The molecule has 0 unspecified atom stereocenters. The van der Waals surface area contributed by atoms with E-state index in [0.29, 0.717) is 33.6 Å². The van der Waals surface area contributed by atoms with Gasteiger partial charge in [-0.2, -0.15) is 0 Å². The highest BCUT2D eigenvalue weighted by atomic mass is 32.1. The van der Waals surface area contributed by atoms with Gasteiger partial charge in [0.15, 0.2) is 22.4 Å². The molecular weight excluding hydrogens is 342 g/mol. The second kappa shape index (κ2) is 8.20. The molecule has 25 heavy (non-hydrogen) atoms. The first-order valence-corrected chi connectivity index (χ1v) is 7.78. The number of carboxylic acids is 1. The van der Waals surface area contributed by atoms with Crippen LogP contribution in [0.2, 0.25) is 0 Å². The molecule has 0 saturated heterocycles. The molecule has 2 rings (SSSR count). The number of methoxy groups -OCH3 is 1. The third-order valence-electron chi connectivity index (χ3n) is 3.30. The zero-order valence-corrected chi connectivity index (χ0v) is 14.6. The summed E-state index contributed by atoms with van der Waals surface area (Å²) in [5.41, 5.74) is 7.79. The lowest BCUT2D eigenvalue weighted by Crippen LogP contribution is -2.24. The first-order valence-electron chi connectivity index (χ1n) is 7.37. The molecule has 0 heterocycles. The van der Waals surface area contributed by atoms with Crippen molar-refractivity contribution in [2.75, 3.05) is 25.2 Å². The Morgan fingerprint density at radius 1 is 1.20 bits per heavy atom. The van der Waals surface area contributed by atoms with Crippen molar-refractivity contribution in [2.24, 2.45) is 0 Å². The third kappa shape index (κ3) is 4.98. The lowest BCUT2D eigenvalue weighted by Gasteiger charge is -2.14. The number of thiocarbonyl (C=S) groups is 1. The Bertz CT molecular complexity index is 795. The molecule has 0 saturated carbocycles. The van der Waals surface area contributed by atoms with E-state index in [-0.39, 0.29) is 6.42 Å². The monoisotopic (exact) mass is 361 g/mol. The van der Waals surface area contributed by atoms with Gasteiger partial charge in [-0.15, -0.1) is 0 Å². The van der Waals surface area contributed by atoms with Gasteiger partial charge in [0.05, 0.1) is 19.2 Å². The van der Waals surface area contributed by atoms with Gasteiger partial charge in [0, 0.05) is 12.7 Å². The van der Waals surface area contributed by atoms with Crippen LogP contribution in [0.25, 0.3) is 0 Å². The van der Waals surface area contributed by atoms with Gasteiger partial charge in [-0.05, 0) is 48.1 Å². The lowest BCUT2D eigenvalue weighted by atomic mass is 10.1. The standard InChI is InChI=1S/C17H19N3O4S/c1-19-17(25)20-11-4-6-13(12(18)9-11)24-14-5-3-10(8-16(21)22)7-15(14)23-2/h3-7,9H,8,18H2,1-2H3,(H,21,22)(H2,19,20,25). The van der Waals surface area contributed by atoms with Gasteiger partial charge in [-0.25, -0.2) is 0 Å². The maximum atomic E-state index is 10.8. The smallest absolute Gasteiger partial charge is 0.307 e. The Balaban J connectivity index is 2.21. The number of nitrogens with two attached hydrogens (primary N) is 1. The minimum Gasteiger partial charge on any atom is -0.493 e. The summed E-state index contributed by atoms with van der Waals surface area (Å²) >= 11 is 5.04. The number of carboxylic acid groups (broad SMARTS) is 1. The average Bonchev–Trinajstić information content (AvgIpc) is 2.57. The molecule has 0 radical (unpaired) electrons. The number of nitrogens with one attached hydrogen (secondary N) is 2. The van der Waals surface area contributed by atoms with Gasteiger partial charge in [-0.1, -0.05) is 6.07 Å². The molecule has 2 aromatic carbocycles. The topological polar surface area (TPSA) is 106 Å². The van der Waals surface area contributed by atoms with E-state index in [0.717, 1.165) is 5.69 Å². The van der Waals surface area contributed by atoms with Gasteiger partial charge in [0.2, 0.25) is 0 Å². The normalized spacial score (nSPS) is 10.0. The molecule has 0 aliphatic rings. The first kappa shape index (κ1) is 18.3. The molecular formula is C17H19N3O4S. The van der Waals surface area contributed by atoms with Crippen LogP contribution in [0.1, 0.15) is 5.56 Å². The summed E-state index contributed by atoms with van der Waals surface area (Å²) in [6.45, 7) is 0. The summed E-state index contributed by atoms with van der Waals surface area (Å²) in [5.74, 6) is 0.402. The molecule has 132 valence electrons. The quantitative estimate of drug-likeness (QED) is 0.460. The van der Waals surface area contributed by atoms with Gasteiger partial charge in [0.25, 0.3) is 0 Å². The maximum absolute atomic E-state index is 10.8. The minimum atomic E-state index is -0.914. The van der Waals surface area contributed by atoms with Crippen molar-refractivity contribution in [1.82, 2.24) is 5.32 Å². The van der Waals surface area contributed by atoms with Crippen molar-refractivity contribution in [3.8, 4) is 17.2 Å². The molecule has 0 aliphatic carbocycles. The molecule has 7 nitrogen and oxygen atoms in total. The van der Waals surface area contributed by atoms with Crippen molar-refractivity contribution in [2.45, 2.75) is 6.42 Å². The van der Waals surface area contributed by atoms with Crippen LogP contribution in [0.15, 0.2) is 36.4 Å². The Morgan fingerprint density at radius 2 is 1.92 bits per heavy atom. The summed E-state index contributed by atoms with van der Waals surface area (Å²) in [7, 11) is 3.21. The highest BCUT2D eigenvalue weighted by molar-refractivity contribution is 7.80. The summed E-state index contributed by atoms with van der Waals surface area (Å²) in [4.78, 5) is 10.8. The highest BCUT2D eigenvalue weighted by Crippen LogP contribution is 2.35. The molecule has 0 aliphatic heterocycles. The maximum Gasteiger partial charge on any atom is 0.307 e. The van der Waals surface area contributed by atoms with Gasteiger partial charge < -0.3 is 30.9 Å². The molecule has 5 N–H and O–H groups in total. The molecule has 0 atom stereocenters. The number of hydrogen-bond donors (Lipinski definition) is 4. The molecule has 2 aromatic rings. The molecule has 0 aromatic heterocycles. The zero-order chi connectivity index (χ0) is 18.4. The summed E-state index contributed by atoms with van der Waals surface area (Å²) < 4.78 is 11.1. The minimum absolute atomic E-state index is 0.0927. The largest absolute Gasteiger partial charge is 0.493 e. The van der Waals surface area contributed by atoms with Crippen molar-refractivity contribution < 1.29 is 19.4 Å². The van der Waals surface area contributed by atoms with E-state index in [4.69, 9.17) is 32.5 Å². The average molecular weight is 361 g/mol. The fourth-order valence-electron chi connectivity index (χ4n) is 2.11. The number of rotatable bonds is 6. The fourth-order valence-corrected chi connectivity index (χ4v) is 2.23. The fraction of sp³-hybridized carbons (Fsp3) is 0.176. The van der Waals surface area contributed by atoms with E-state index in [1.807, 2.05) is 0 Å². The predicted molar refractivity (Wildman–Crippen MR) is 101 cm³/mol. The predicted octanol–water partition coefficient (Wildman–Crippen LogP) is 2.61. The van der Waals surface area contributed by atoms with Crippen LogP contribution in [0.4, 0.5) is 11.4 Å². The number of nitrogen functional groups attached to an aromatic ring is 1. The third-order valence-corrected chi connectivity index (χ3v) is 3.60.